The molecule has 3 nitrogen and oxygen atoms in total. The molecular weight excluding hydrogens is 308 g/mol. The lowest BCUT2D eigenvalue weighted by atomic mass is 9.74. The zero-order valence-corrected chi connectivity index (χ0v) is 15.0. The number of aryl methyl sites for hydroxylation is 1. The molecule has 2 saturated heterocycles. The van der Waals surface area contributed by atoms with Crippen molar-refractivity contribution in [3.8, 4) is 11.1 Å². The van der Waals surface area contributed by atoms with Crippen LogP contribution in [0.3, 0.4) is 0 Å². The minimum Gasteiger partial charge on any atom is -0.395 e. The molecule has 2 N–H and O–H groups in total. The Labute approximate surface area is 150 Å². The van der Waals surface area contributed by atoms with Crippen molar-refractivity contribution >= 4 is 0 Å². The molecule has 2 aromatic carbocycles. The van der Waals surface area contributed by atoms with E-state index >= 15 is 0 Å². The van der Waals surface area contributed by atoms with Gasteiger partial charge >= 0.3 is 0 Å². The molecule has 2 fully saturated rings. The maximum atomic E-state index is 9.92. The van der Waals surface area contributed by atoms with Crippen LogP contribution in [0.25, 0.3) is 11.1 Å². The van der Waals surface area contributed by atoms with E-state index in [0.29, 0.717) is 12.0 Å². The van der Waals surface area contributed by atoms with Gasteiger partial charge in [0.15, 0.2) is 0 Å². The van der Waals surface area contributed by atoms with Crippen molar-refractivity contribution in [1.82, 2.24) is 10.2 Å². The molecular formula is C22H28N2O. The lowest BCUT2D eigenvalue weighted by molar-refractivity contribution is -0.0464. The quantitative estimate of drug-likeness (QED) is 0.904. The lowest BCUT2D eigenvalue weighted by Crippen LogP contribution is -2.67. The first-order valence-electron chi connectivity index (χ1n) is 9.52. The highest BCUT2D eigenvalue weighted by molar-refractivity contribution is 5.64. The summed E-state index contributed by atoms with van der Waals surface area (Å²) in [4.78, 5) is 2.51. The molecule has 3 heteroatoms. The first kappa shape index (κ1) is 16.8. The van der Waals surface area contributed by atoms with Gasteiger partial charge in [0.25, 0.3) is 0 Å². The van der Waals surface area contributed by atoms with Crippen molar-refractivity contribution in [2.24, 2.45) is 0 Å². The molecule has 2 aliphatic heterocycles. The summed E-state index contributed by atoms with van der Waals surface area (Å²) >= 11 is 0. The highest BCUT2D eigenvalue weighted by Crippen LogP contribution is 2.41. The van der Waals surface area contributed by atoms with E-state index in [0.717, 1.165) is 19.6 Å². The number of hydrogen-bond donors (Lipinski definition) is 2. The number of benzene rings is 2. The van der Waals surface area contributed by atoms with Gasteiger partial charge in [-0.25, -0.2) is 0 Å². The van der Waals surface area contributed by atoms with Gasteiger partial charge in [0.2, 0.25) is 0 Å². The number of hydrogen-bond acceptors (Lipinski definition) is 3. The lowest BCUT2D eigenvalue weighted by Gasteiger charge is -2.56. The Kier molecular flexibility index (Phi) is 4.89. The summed E-state index contributed by atoms with van der Waals surface area (Å²) in [5.74, 6) is 0.433. The molecule has 132 valence electrons. The van der Waals surface area contributed by atoms with Crippen LogP contribution in [0.1, 0.15) is 29.9 Å². The minimum atomic E-state index is 0.251. The molecule has 0 bridgehead atoms. The van der Waals surface area contributed by atoms with Crippen molar-refractivity contribution < 1.29 is 5.11 Å². The fourth-order valence-corrected chi connectivity index (χ4v) is 4.57. The number of aliphatic hydroxyl groups excluding tert-OH is 1. The summed E-state index contributed by atoms with van der Waals surface area (Å²) in [7, 11) is 0. The topological polar surface area (TPSA) is 35.5 Å². The Balaban J connectivity index is 1.56. The molecule has 0 aromatic heterocycles. The number of nitrogens with zero attached hydrogens (tertiary/aromatic N) is 1. The summed E-state index contributed by atoms with van der Waals surface area (Å²) in [5.41, 5.74) is 5.18. The van der Waals surface area contributed by atoms with Crippen LogP contribution in [-0.2, 0) is 0 Å². The van der Waals surface area contributed by atoms with E-state index in [2.05, 4.69) is 65.7 Å². The SMILES string of the molecule is Cc1cccc(-c2ccc([C@@H]3[C@@H](CO)N4CCCCNC[C@@H]34)cc2)c1. The van der Waals surface area contributed by atoms with Crippen LogP contribution in [0, 0.1) is 6.92 Å². The molecule has 25 heavy (non-hydrogen) atoms. The van der Waals surface area contributed by atoms with E-state index in [1.165, 1.54) is 35.1 Å². The van der Waals surface area contributed by atoms with E-state index in [4.69, 9.17) is 0 Å². The summed E-state index contributed by atoms with van der Waals surface area (Å²) in [6.45, 7) is 5.65. The molecule has 0 radical (unpaired) electrons. The number of nitrogens with one attached hydrogen (secondary N) is 1. The van der Waals surface area contributed by atoms with Gasteiger partial charge in [-0.15, -0.1) is 0 Å². The third-order valence-corrected chi connectivity index (χ3v) is 5.89. The first-order chi connectivity index (χ1) is 12.3. The van der Waals surface area contributed by atoms with Gasteiger partial charge in [-0.2, -0.15) is 0 Å². The maximum absolute atomic E-state index is 9.92. The molecule has 0 amide bonds. The maximum Gasteiger partial charge on any atom is 0.0593 e. The second-order valence-corrected chi connectivity index (χ2v) is 7.48. The van der Waals surface area contributed by atoms with Gasteiger partial charge in [0.1, 0.15) is 0 Å². The fraction of sp³-hybridized carbons (Fsp3) is 0.455. The van der Waals surface area contributed by atoms with Crippen LogP contribution in [0.5, 0.6) is 0 Å². The Morgan fingerprint density at radius 1 is 1.08 bits per heavy atom. The average molecular weight is 336 g/mol. The fourth-order valence-electron chi connectivity index (χ4n) is 4.57. The third kappa shape index (κ3) is 3.24. The summed E-state index contributed by atoms with van der Waals surface area (Å²) in [5, 5.41) is 13.5. The zero-order valence-electron chi connectivity index (χ0n) is 15.0. The smallest absolute Gasteiger partial charge is 0.0593 e. The predicted octanol–water partition coefficient (Wildman–Crippen LogP) is 3.17. The van der Waals surface area contributed by atoms with E-state index in [1.54, 1.807) is 0 Å². The molecule has 0 saturated carbocycles. The first-order valence-corrected chi connectivity index (χ1v) is 9.52. The molecule has 0 spiro atoms. The Morgan fingerprint density at radius 3 is 2.68 bits per heavy atom. The molecule has 2 heterocycles. The average Bonchev–Trinajstić information content (AvgIpc) is 2.61. The largest absolute Gasteiger partial charge is 0.395 e. The Hall–Kier alpha value is -1.68. The van der Waals surface area contributed by atoms with Gasteiger partial charge in [0.05, 0.1) is 6.61 Å². The van der Waals surface area contributed by atoms with Crippen LogP contribution in [-0.4, -0.2) is 48.3 Å². The van der Waals surface area contributed by atoms with Gasteiger partial charge < -0.3 is 10.4 Å². The highest BCUT2D eigenvalue weighted by Gasteiger charge is 2.47. The van der Waals surface area contributed by atoms with Crippen LogP contribution < -0.4 is 5.32 Å². The predicted molar refractivity (Wildman–Crippen MR) is 103 cm³/mol. The van der Waals surface area contributed by atoms with Gasteiger partial charge in [-0.1, -0.05) is 54.1 Å². The Bertz CT molecular complexity index is 712. The van der Waals surface area contributed by atoms with Crippen molar-refractivity contribution in [3.63, 3.8) is 0 Å². The Morgan fingerprint density at radius 2 is 1.92 bits per heavy atom. The summed E-state index contributed by atoms with van der Waals surface area (Å²) in [6.07, 6.45) is 2.45. The van der Waals surface area contributed by atoms with Crippen LogP contribution in [0.4, 0.5) is 0 Å². The van der Waals surface area contributed by atoms with Crippen molar-refractivity contribution in [2.45, 2.75) is 37.8 Å². The molecule has 0 aliphatic carbocycles. The van der Waals surface area contributed by atoms with Crippen LogP contribution in [0.15, 0.2) is 48.5 Å². The molecule has 2 aromatic rings. The second kappa shape index (κ2) is 7.28. The van der Waals surface area contributed by atoms with Gasteiger partial charge in [-0.3, -0.25) is 4.90 Å². The summed E-state index contributed by atoms with van der Waals surface area (Å²) in [6, 6.07) is 18.4. The van der Waals surface area contributed by atoms with E-state index in [9.17, 15) is 5.11 Å². The van der Waals surface area contributed by atoms with Crippen LogP contribution >= 0.6 is 0 Å². The molecule has 0 unspecified atom stereocenters. The van der Waals surface area contributed by atoms with Crippen molar-refractivity contribution in [3.05, 3.63) is 59.7 Å². The monoisotopic (exact) mass is 336 g/mol. The molecule has 4 rings (SSSR count). The molecule has 2 aliphatic rings. The van der Waals surface area contributed by atoms with Crippen LogP contribution in [0.2, 0.25) is 0 Å². The normalized spacial score (nSPS) is 27.0. The van der Waals surface area contributed by atoms with Gasteiger partial charge in [-0.05, 0) is 49.5 Å². The van der Waals surface area contributed by atoms with Gasteiger partial charge in [0, 0.05) is 24.5 Å². The number of aliphatic hydroxyl groups is 1. The second-order valence-electron chi connectivity index (χ2n) is 7.48. The van der Waals surface area contributed by atoms with E-state index in [1.807, 2.05) is 0 Å². The number of rotatable bonds is 3. The van der Waals surface area contributed by atoms with E-state index < -0.39 is 0 Å². The third-order valence-electron chi connectivity index (χ3n) is 5.89. The molecule has 3 atom stereocenters. The zero-order chi connectivity index (χ0) is 17.2. The van der Waals surface area contributed by atoms with Crippen molar-refractivity contribution in [1.29, 1.82) is 0 Å². The minimum absolute atomic E-state index is 0.251. The summed E-state index contributed by atoms with van der Waals surface area (Å²) < 4.78 is 0. The van der Waals surface area contributed by atoms with Crippen molar-refractivity contribution in [2.75, 3.05) is 26.2 Å². The van der Waals surface area contributed by atoms with E-state index in [-0.39, 0.29) is 12.6 Å². The number of fused-ring (bicyclic) bond motifs is 1. The highest BCUT2D eigenvalue weighted by atomic mass is 16.3. The standard InChI is InChI=1S/C22H28N2O/c1-16-5-4-6-19(13-16)17-7-9-18(10-8-17)22-20-14-23-11-2-3-12-24(20)21(22)15-25/h4-10,13,20-23,25H,2-3,11-12,14-15H2,1H3/t20-,21+,22-/m0/s1.